The van der Waals surface area contributed by atoms with E-state index in [2.05, 4.69) is 0 Å². The Kier molecular flexibility index (Phi) is 6.64. The van der Waals surface area contributed by atoms with Crippen LogP contribution < -0.4 is 4.90 Å². The second-order valence-corrected chi connectivity index (χ2v) is 7.34. The quantitative estimate of drug-likeness (QED) is 0.389. The molecule has 0 saturated carbocycles. The Balaban J connectivity index is 1.70. The van der Waals surface area contributed by atoms with Gasteiger partial charge >= 0.3 is 5.97 Å². The molecule has 0 spiro atoms. The zero-order valence-electron chi connectivity index (χ0n) is 15.9. The summed E-state index contributed by atoms with van der Waals surface area (Å²) in [6.45, 7) is 2.09. The third-order valence-corrected chi connectivity index (χ3v) is 5.13. The minimum Gasteiger partial charge on any atom is -0.454 e. The number of rotatable bonds is 7. The highest BCUT2D eigenvalue weighted by Gasteiger charge is 2.38. The first-order valence-corrected chi connectivity index (χ1v) is 9.86. The maximum absolute atomic E-state index is 13.1. The van der Waals surface area contributed by atoms with Crippen LogP contribution in [-0.2, 0) is 14.3 Å². The molecular formula is C22H21ClFNO4. The number of aryl methyl sites for hydroxylation is 1. The summed E-state index contributed by atoms with van der Waals surface area (Å²) in [5.41, 5.74) is 1.92. The maximum atomic E-state index is 13.1. The monoisotopic (exact) mass is 417 g/mol. The number of nitrogens with zero attached hydrogens (tertiary/aromatic N) is 1. The first-order chi connectivity index (χ1) is 13.9. The Morgan fingerprint density at radius 3 is 2.55 bits per heavy atom. The van der Waals surface area contributed by atoms with Gasteiger partial charge in [0.05, 0.1) is 5.92 Å². The molecule has 152 valence electrons. The fourth-order valence-electron chi connectivity index (χ4n) is 3.34. The summed E-state index contributed by atoms with van der Waals surface area (Å²) in [5, 5.41) is 0. The van der Waals surface area contributed by atoms with Crippen molar-refractivity contribution < 1.29 is 23.5 Å². The third kappa shape index (κ3) is 4.82. The molecule has 29 heavy (non-hydrogen) atoms. The lowest BCUT2D eigenvalue weighted by Crippen LogP contribution is -2.32. The Bertz CT molecular complexity index is 915. The molecule has 0 radical (unpaired) electrons. The molecule has 3 rings (SSSR count). The van der Waals surface area contributed by atoms with Crippen molar-refractivity contribution in [2.75, 3.05) is 17.3 Å². The zero-order valence-corrected chi connectivity index (χ0v) is 16.7. The molecule has 0 bridgehead atoms. The van der Waals surface area contributed by atoms with Gasteiger partial charge in [0, 0.05) is 36.5 Å². The molecule has 2 aromatic rings. The largest absolute Gasteiger partial charge is 0.454 e. The standard InChI is InChI=1S/C22H21ClFNO4/c1-14-4-2-3-5-18(14)25-13-16(12-20(25)26)22(28)29-19(10-11-23)21(27)15-6-8-17(24)9-7-15/h2-9,16,19H,10-13H2,1H3/t16-,19-/m1/s1. The van der Waals surface area contributed by atoms with Crippen LogP contribution in [0.1, 0.15) is 28.8 Å². The highest BCUT2D eigenvalue weighted by Crippen LogP contribution is 2.29. The van der Waals surface area contributed by atoms with E-state index in [-0.39, 0.29) is 36.7 Å². The lowest BCUT2D eigenvalue weighted by molar-refractivity contribution is -0.151. The lowest BCUT2D eigenvalue weighted by atomic mass is 10.0. The van der Waals surface area contributed by atoms with Crippen LogP contribution in [0.3, 0.4) is 0 Å². The van der Waals surface area contributed by atoms with Gasteiger partial charge in [0.15, 0.2) is 6.10 Å². The maximum Gasteiger partial charge on any atom is 0.312 e. The van der Waals surface area contributed by atoms with Crippen LogP contribution in [0.4, 0.5) is 10.1 Å². The van der Waals surface area contributed by atoms with Gasteiger partial charge in [0.2, 0.25) is 11.7 Å². The molecule has 1 amide bonds. The summed E-state index contributed by atoms with van der Waals surface area (Å²) >= 11 is 5.77. The number of ether oxygens (including phenoxy) is 1. The number of benzene rings is 2. The Morgan fingerprint density at radius 1 is 1.21 bits per heavy atom. The molecule has 1 fully saturated rings. The normalized spacial score (nSPS) is 17.3. The Morgan fingerprint density at radius 2 is 1.90 bits per heavy atom. The Labute approximate surface area is 173 Å². The van der Waals surface area contributed by atoms with Crippen molar-refractivity contribution in [1.29, 1.82) is 0 Å². The third-order valence-electron chi connectivity index (χ3n) is 4.92. The zero-order chi connectivity index (χ0) is 21.0. The molecule has 1 aliphatic heterocycles. The minimum atomic E-state index is -1.08. The highest BCUT2D eigenvalue weighted by atomic mass is 35.5. The summed E-state index contributed by atoms with van der Waals surface area (Å²) in [6.07, 6.45) is -0.926. The molecule has 0 aliphatic carbocycles. The predicted molar refractivity (Wildman–Crippen MR) is 108 cm³/mol. The van der Waals surface area contributed by atoms with Crippen molar-refractivity contribution >= 4 is 34.9 Å². The van der Waals surface area contributed by atoms with E-state index in [1.165, 1.54) is 24.3 Å². The molecule has 5 nitrogen and oxygen atoms in total. The van der Waals surface area contributed by atoms with Crippen LogP contribution in [0.15, 0.2) is 48.5 Å². The van der Waals surface area contributed by atoms with E-state index in [9.17, 15) is 18.8 Å². The molecule has 1 saturated heterocycles. The smallest absolute Gasteiger partial charge is 0.312 e. The van der Waals surface area contributed by atoms with E-state index in [0.29, 0.717) is 0 Å². The number of anilines is 1. The molecule has 2 aromatic carbocycles. The van der Waals surface area contributed by atoms with Gasteiger partial charge in [-0.2, -0.15) is 0 Å². The van der Waals surface area contributed by atoms with Crippen molar-refractivity contribution in [1.82, 2.24) is 0 Å². The summed E-state index contributed by atoms with van der Waals surface area (Å²) in [7, 11) is 0. The van der Waals surface area contributed by atoms with Crippen LogP contribution in [-0.4, -0.2) is 36.2 Å². The van der Waals surface area contributed by atoms with E-state index in [4.69, 9.17) is 16.3 Å². The minimum absolute atomic E-state index is 0.0193. The van der Waals surface area contributed by atoms with E-state index < -0.39 is 29.6 Å². The van der Waals surface area contributed by atoms with Crippen LogP contribution in [0, 0.1) is 18.7 Å². The average Bonchev–Trinajstić information content (AvgIpc) is 3.09. The van der Waals surface area contributed by atoms with Crippen LogP contribution >= 0.6 is 11.6 Å². The number of amides is 1. The molecule has 0 N–H and O–H groups in total. The van der Waals surface area contributed by atoms with Gasteiger partial charge in [-0.3, -0.25) is 14.4 Å². The van der Waals surface area contributed by atoms with E-state index in [1.807, 2.05) is 31.2 Å². The first kappa shape index (κ1) is 21.0. The average molecular weight is 418 g/mol. The van der Waals surface area contributed by atoms with Gasteiger partial charge in [-0.25, -0.2) is 4.39 Å². The van der Waals surface area contributed by atoms with E-state index in [0.717, 1.165) is 11.3 Å². The summed E-state index contributed by atoms with van der Waals surface area (Å²) in [4.78, 5) is 39.3. The summed E-state index contributed by atoms with van der Waals surface area (Å²) in [5.74, 6) is -2.24. The molecule has 1 heterocycles. The molecule has 2 atom stereocenters. The van der Waals surface area contributed by atoms with Gasteiger partial charge in [0.25, 0.3) is 0 Å². The molecule has 0 unspecified atom stereocenters. The summed E-state index contributed by atoms with van der Waals surface area (Å²) < 4.78 is 18.5. The molecule has 1 aliphatic rings. The number of hydrogen-bond acceptors (Lipinski definition) is 4. The molecule has 7 heteroatoms. The van der Waals surface area contributed by atoms with Gasteiger partial charge in [-0.05, 0) is 42.8 Å². The fraction of sp³-hybridized carbons (Fsp3) is 0.318. The van der Waals surface area contributed by atoms with Gasteiger partial charge in [-0.1, -0.05) is 18.2 Å². The van der Waals surface area contributed by atoms with E-state index in [1.54, 1.807) is 4.90 Å². The highest BCUT2D eigenvalue weighted by molar-refractivity contribution is 6.18. The number of Topliss-reactive ketones (excluding diaryl/α,β-unsaturated/α-hetero) is 1. The predicted octanol–water partition coefficient (Wildman–Crippen LogP) is 3.91. The van der Waals surface area contributed by atoms with E-state index >= 15 is 0 Å². The van der Waals surface area contributed by atoms with Gasteiger partial charge in [0.1, 0.15) is 5.82 Å². The number of alkyl halides is 1. The Hall–Kier alpha value is -2.73. The topological polar surface area (TPSA) is 63.7 Å². The molecular weight excluding hydrogens is 397 g/mol. The molecule has 0 aromatic heterocycles. The van der Waals surface area contributed by atoms with Crippen molar-refractivity contribution in [3.8, 4) is 0 Å². The fourth-order valence-corrected chi connectivity index (χ4v) is 3.54. The summed E-state index contributed by atoms with van der Waals surface area (Å²) in [6, 6.07) is 12.5. The van der Waals surface area contributed by atoms with Crippen LogP contribution in [0.2, 0.25) is 0 Å². The number of halogens is 2. The van der Waals surface area contributed by atoms with Crippen molar-refractivity contribution in [3.63, 3.8) is 0 Å². The van der Waals surface area contributed by atoms with Crippen molar-refractivity contribution in [2.45, 2.75) is 25.9 Å². The second-order valence-electron chi connectivity index (χ2n) is 6.97. The van der Waals surface area contributed by atoms with Gasteiger partial charge in [-0.15, -0.1) is 11.6 Å². The number of hydrogen-bond donors (Lipinski definition) is 0. The second kappa shape index (κ2) is 9.18. The van der Waals surface area contributed by atoms with Crippen LogP contribution in [0.25, 0.3) is 0 Å². The SMILES string of the molecule is Cc1ccccc1N1C[C@H](C(=O)O[C@H](CCCl)C(=O)c2ccc(F)cc2)CC1=O. The van der Waals surface area contributed by atoms with Crippen LogP contribution in [0.5, 0.6) is 0 Å². The van der Waals surface area contributed by atoms with Gasteiger partial charge < -0.3 is 9.64 Å². The number of esters is 1. The number of ketones is 1. The number of para-hydroxylation sites is 1. The van der Waals surface area contributed by atoms with Crippen molar-refractivity contribution in [2.24, 2.45) is 5.92 Å². The lowest BCUT2D eigenvalue weighted by Gasteiger charge is -2.20. The number of carbonyl (C=O) groups excluding carboxylic acids is 3. The number of carbonyl (C=O) groups is 3. The first-order valence-electron chi connectivity index (χ1n) is 9.33. The van der Waals surface area contributed by atoms with Crippen molar-refractivity contribution in [3.05, 3.63) is 65.5 Å².